The lowest BCUT2D eigenvalue weighted by molar-refractivity contribution is -0.265. The number of aliphatic carboxylic acids is 1. The van der Waals surface area contributed by atoms with Crippen molar-refractivity contribution in [3.05, 3.63) is 69.7 Å². The highest BCUT2D eigenvalue weighted by atomic mass is 32.1. The Morgan fingerprint density at radius 2 is 1.83 bits per heavy atom. The molecule has 0 bridgehead atoms. The number of carboxylic acids is 1. The van der Waals surface area contributed by atoms with Crippen LogP contribution in [0.1, 0.15) is 33.7 Å². The number of halogens is 3. The molecule has 0 aliphatic carbocycles. The van der Waals surface area contributed by atoms with Crippen molar-refractivity contribution in [2.24, 2.45) is 0 Å². The Morgan fingerprint density at radius 1 is 1.14 bits per heavy atom. The molecular weight excluding hydrogens is 483 g/mol. The van der Waals surface area contributed by atoms with Crippen molar-refractivity contribution in [1.82, 2.24) is 4.98 Å². The van der Waals surface area contributed by atoms with Gasteiger partial charge in [0.2, 0.25) is 0 Å². The Hall–Kier alpha value is -2.95. The van der Waals surface area contributed by atoms with Crippen LogP contribution in [-0.2, 0) is 33.5 Å². The van der Waals surface area contributed by atoms with E-state index in [2.05, 4.69) is 4.98 Å². The Labute approximate surface area is 204 Å². The Balaban J connectivity index is 1.43. The normalized spacial score (nSPS) is 15.7. The van der Waals surface area contributed by atoms with E-state index in [-0.39, 0.29) is 13.0 Å². The van der Waals surface area contributed by atoms with Crippen LogP contribution >= 0.6 is 11.3 Å². The van der Waals surface area contributed by atoms with Gasteiger partial charge < -0.3 is 19.3 Å². The summed E-state index contributed by atoms with van der Waals surface area (Å²) in [4.78, 5) is 17.1. The average Bonchev–Trinajstić information content (AvgIpc) is 3.20. The second-order valence-corrected chi connectivity index (χ2v) is 9.35. The molecule has 1 aliphatic rings. The van der Waals surface area contributed by atoms with Crippen LogP contribution in [0.25, 0.3) is 10.6 Å². The third kappa shape index (κ3) is 5.66. The average molecular weight is 508 g/mol. The van der Waals surface area contributed by atoms with Crippen LogP contribution in [0.3, 0.4) is 0 Å². The molecule has 0 spiro atoms. The molecule has 0 saturated carbocycles. The predicted molar refractivity (Wildman–Crippen MR) is 123 cm³/mol. The fourth-order valence-corrected chi connectivity index (χ4v) is 4.70. The monoisotopic (exact) mass is 507 g/mol. The van der Waals surface area contributed by atoms with Crippen molar-refractivity contribution >= 4 is 17.3 Å². The van der Waals surface area contributed by atoms with E-state index in [0.717, 1.165) is 33.8 Å². The summed E-state index contributed by atoms with van der Waals surface area (Å²) in [6.07, 6.45) is -3.65. The van der Waals surface area contributed by atoms with Crippen LogP contribution in [0.4, 0.5) is 13.2 Å². The first-order chi connectivity index (χ1) is 16.6. The van der Waals surface area contributed by atoms with Gasteiger partial charge in [0, 0.05) is 12.0 Å². The molecule has 1 fully saturated rings. The number of alkyl halides is 3. The lowest BCUT2D eigenvalue weighted by Crippen LogP contribution is -2.49. The summed E-state index contributed by atoms with van der Waals surface area (Å²) >= 11 is 1.36. The molecule has 10 heteroatoms. The highest BCUT2D eigenvalue weighted by Crippen LogP contribution is 2.34. The number of hydrogen-bond donors (Lipinski definition) is 1. The molecule has 1 saturated heterocycles. The van der Waals surface area contributed by atoms with Crippen molar-refractivity contribution in [2.45, 2.75) is 45.3 Å². The second kappa shape index (κ2) is 9.96. The quantitative estimate of drug-likeness (QED) is 0.437. The van der Waals surface area contributed by atoms with Crippen LogP contribution < -0.4 is 4.74 Å². The lowest BCUT2D eigenvalue weighted by Gasteiger charge is -2.33. The molecule has 186 valence electrons. The van der Waals surface area contributed by atoms with E-state index in [1.54, 1.807) is 12.1 Å². The number of rotatable bonds is 7. The molecule has 4 rings (SSSR count). The molecule has 35 heavy (non-hydrogen) atoms. The summed E-state index contributed by atoms with van der Waals surface area (Å²) in [5, 5.41) is 10.3. The van der Waals surface area contributed by atoms with Crippen molar-refractivity contribution in [1.29, 1.82) is 0 Å². The minimum atomic E-state index is -4.38. The summed E-state index contributed by atoms with van der Waals surface area (Å²) < 4.78 is 55.3. The van der Waals surface area contributed by atoms with Gasteiger partial charge in [0.1, 0.15) is 17.4 Å². The molecule has 0 radical (unpaired) electrons. The maximum atomic E-state index is 12.8. The first-order valence-corrected chi connectivity index (χ1v) is 11.8. The van der Waals surface area contributed by atoms with Gasteiger partial charge in [-0.1, -0.05) is 18.2 Å². The summed E-state index contributed by atoms with van der Waals surface area (Å²) in [5.41, 5.74) is 2.27. The van der Waals surface area contributed by atoms with Gasteiger partial charge in [0.25, 0.3) is 5.79 Å². The largest absolute Gasteiger partial charge is 0.488 e. The minimum absolute atomic E-state index is 0.0822. The van der Waals surface area contributed by atoms with Crippen LogP contribution in [0.15, 0.2) is 42.5 Å². The number of carbonyl (C=O) groups is 1. The Morgan fingerprint density at radius 3 is 2.43 bits per heavy atom. The van der Waals surface area contributed by atoms with E-state index in [9.17, 15) is 23.1 Å². The van der Waals surface area contributed by atoms with E-state index >= 15 is 0 Å². The number of thiazole rings is 1. The third-order valence-corrected chi connectivity index (χ3v) is 6.92. The number of aryl methyl sites for hydroxylation is 2. The minimum Gasteiger partial charge on any atom is -0.488 e. The SMILES string of the molecule is Cc1cc(OCc2sc(-c3ccc(C(F)(F)F)cc3)nc2C)ccc1CC1(C(=O)O)OCCCO1. The molecule has 1 aliphatic heterocycles. The Bertz CT molecular complexity index is 1200. The number of ether oxygens (including phenoxy) is 3. The van der Waals surface area contributed by atoms with Gasteiger partial charge in [0.15, 0.2) is 0 Å². The zero-order valence-electron chi connectivity index (χ0n) is 19.1. The van der Waals surface area contributed by atoms with Crippen molar-refractivity contribution in [3.8, 4) is 16.3 Å². The van der Waals surface area contributed by atoms with E-state index in [1.807, 2.05) is 19.9 Å². The maximum Gasteiger partial charge on any atom is 0.416 e. The zero-order chi connectivity index (χ0) is 25.2. The molecule has 0 atom stereocenters. The molecule has 1 N–H and O–H groups in total. The molecule has 2 aromatic carbocycles. The first-order valence-electron chi connectivity index (χ1n) is 10.9. The van der Waals surface area contributed by atoms with Crippen LogP contribution in [0.5, 0.6) is 5.75 Å². The molecule has 2 heterocycles. The molecule has 6 nitrogen and oxygen atoms in total. The number of benzene rings is 2. The zero-order valence-corrected chi connectivity index (χ0v) is 20.0. The molecule has 1 aromatic heterocycles. The highest BCUT2D eigenvalue weighted by Gasteiger charge is 2.43. The predicted octanol–water partition coefficient (Wildman–Crippen LogP) is 5.79. The van der Waals surface area contributed by atoms with Gasteiger partial charge in [-0.3, -0.25) is 0 Å². The summed E-state index contributed by atoms with van der Waals surface area (Å²) in [5.74, 6) is -2.23. The number of aromatic nitrogens is 1. The number of hydrogen-bond acceptors (Lipinski definition) is 6. The summed E-state index contributed by atoms with van der Waals surface area (Å²) in [6.45, 7) is 4.59. The summed E-state index contributed by atoms with van der Waals surface area (Å²) in [6, 6.07) is 10.3. The highest BCUT2D eigenvalue weighted by molar-refractivity contribution is 7.15. The smallest absolute Gasteiger partial charge is 0.416 e. The van der Waals surface area contributed by atoms with E-state index in [0.29, 0.717) is 36.0 Å². The topological polar surface area (TPSA) is 77.9 Å². The van der Waals surface area contributed by atoms with Crippen molar-refractivity contribution < 1.29 is 37.3 Å². The van der Waals surface area contributed by atoms with Crippen LogP contribution in [0, 0.1) is 13.8 Å². The van der Waals surface area contributed by atoms with Crippen molar-refractivity contribution in [3.63, 3.8) is 0 Å². The van der Waals surface area contributed by atoms with Crippen LogP contribution in [0.2, 0.25) is 0 Å². The molecule has 0 unspecified atom stereocenters. The summed E-state index contributed by atoms with van der Waals surface area (Å²) in [7, 11) is 0. The number of carboxylic acid groups (broad SMARTS) is 1. The van der Waals surface area contributed by atoms with Gasteiger partial charge in [-0.15, -0.1) is 11.3 Å². The van der Waals surface area contributed by atoms with Gasteiger partial charge in [0.05, 0.1) is 29.3 Å². The van der Waals surface area contributed by atoms with Crippen LogP contribution in [-0.4, -0.2) is 35.1 Å². The molecule has 3 aromatic rings. The molecular formula is C25H24F3NO5S. The standard InChI is InChI=1S/C25H24F3NO5S/c1-15-12-20(9-6-18(15)13-24(23(30)31)33-10-3-11-34-24)32-14-21-16(2)29-22(35-21)17-4-7-19(8-5-17)25(26,27)28/h4-9,12H,3,10-11,13-14H2,1-2H3,(H,30,31). The van der Waals surface area contributed by atoms with Gasteiger partial charge in [-0.25, -0.2) is 9.78 Å². The van der Waals surface area contributed by atoms with E-state index in [4.69, 9.17) is 14.2 Å². The first kappa shape index (κ1) is 25.2. The molecule has 0 amide bonds. The fourth-order valence-electron chi connectivity index (χ4n) is 3.72. The third-order valence-electron chi connectivity index (χ3n) is 5.74. The van der Waals surface area contributed by atoms with E-state index < -0.39 is 23.5 Å². The number of nitrogens with zero attached hydrogens (tertiary/aromatic N) is 1. The Kier molecular flexibility index (Phi) is 7.16. The lowest BCUT2D eigenvalue weighted by atomic mass is 9.99. The van der Waals surface area contributed by atoms with E-state index in [1.165, 1.54) is 23.5 Å². The maximum absolute atomic E-state index is 12.8. The van der Waals surface area contributed by atoms with Crippen molar-refractivity contribution in [2.75, 3.05) is 13.2 Å². The fraction of sp³-hybridized carbons (Fsp3) is 0.360. The van der Waals surface area contributed by atoms with Gasteiger partial charge >= 0.3 is 12.1 Å². The van der Waals surface area contributed by atoms with Gasteiger partial charge in [-0.05, 0) is 55.7 Å². The second-order valence-electron chi connectivity index (χ2n) is 8.26. The van der Waals surface area contributed by atoms with Gasteiger partial charge in [-0.2, -0.15) is 13.2 Å².